The van der Waals surface area contributed by atoms with Gasteiger partial charge in [-0.1, -0.05) is 12.1 Å². The molecule has 1 aliphatic carbocycles. The van der Waals surface area contributed by atoms with E-state index in [1.165, 1.54) is 45.1 Å². The van der Waals surface area contributed by atoms with Crippen LogP contribution in [0, 0.1) is 0 Å². The van der Waals surface area contributed by atoms with E-state index in [1.54, 1.807) is 45.2 Å². The Morgan fingerprint density at radius 2 is 1.44 bits per heavy atom. The first-order valence-electron chi connectivity index (χ1n) is 15.3. The minimum Gasteiger partial charge on any atom is -0.494 e. The van der Waals surface area contributed by atoms with Gasteiger partial charge in [0.1, 0.15) is 12.1 Å². The number of piperidine rings is 1. The summed E-state index contributed by atoms with van der Waals surface area (Å²) < 4.78 is 31.5. The van der Waals surface area contributed by atoms with Crippen molar-refractivity contribution in [3.8, 4) is 5.75 Å². The molecular weight excluding hydrogens is 564 g/mol. The zero-order valence-corrected chi connectivity index (χ0v) is 26.1. The highest BCUT2D eigenvalue weighted by atomic mass is 32.2. The van der Waals surface area contributed by atoms with Crippen LogP contribution in [0.3, 0.4) is 0 Å². The molecule has 2 aliphatic heterocycles. The zero-order chi connectivity index (χ0) is 30.0. The van der Waals surface area contributed by atoms with Crippen molar-refractivity contribution in [3.05, 3.63) is 48.8 Å². The predicted molar refractivity (Wildman–Crippen MR) is 170 cm³/mol. The summed E-state index contributed by atoms with van der Waals surface area (Å²) in [7, 11) is -1.84. The Balaban J connectivity index is 1.09. The van der Waals surface area contributed by atoms with Crippen LogP contribution in [0.15, 0.2) is 53.7 Å². The topological polar surface area (TPSA) is 116 Å². The molecule has 0 radical (unpaired) electrons. The van der Waals surface area contributed by atoms with E-state index in [-0.39, 0.29) is 10.8 Å². The van der Waals surface area contributed by atoms with E-state index in [2.05, 4.69) is 52.4 Å². The quantitative estimate of drug-likeness (QED) is 0.344. The molecule has 0 bridgehead atoms. The number of methoxy groups -OCH3 is 1. The monoisotopic (exact) mass is 606 g/mol. The molecule has 3 aliphatic rings. The number of hydrogen-bond donors (Lipinski definition) is 2. The Kier molecular flexibility index (Phi) is 8.69. The van der Waals surface area contributed by atoms with Crippen molar-refractivity contribution >= 4 is 38.8 Å². The molecule has 230 valence electrons. The summed E-state index contributed by atoms with van der Waals surface area (Å²) in [5.41, 5.74) is 2.28. The number of likely N-dealkylation sites (tertiary alicyclic amines) is 1. The van der Waals surface area contributed by atoms with E-state index in [4.69, 9.17) is 4.74 Å². The second-order valence-corrected chi connectivity index (χ2v) is 14.4. The number of sulfone groups is 1. The van der Waals surface area contributed by atoms with Gasteiger partial charge in [0.15, 0.2) is 9.84 Å². The number of para-hydroxylation sites is 1. The van der Waals surface area contributed by atoms with Crippen molar-refractivity contribution in [2.24, 2.45) is 0 Å². The van der Waals surface area contributed by atoms with Gasteiger partial charge < -0.3 is 25.2 Å². The van der Waals surface area contributed by atoms with Gasteiger partial charge in [-0.15, -0.1) is 0 Å². The Hall–Kier alpha value is -3.48. The molecule has 2 N–H and O–H groups in total. The summed E-state index contributed by atoms with van der Waals surface area (Å²) in [6, 6.07) is 14.5. The fourth-order valence-electron chi connectivity index (χ4n) is 6.11. The molecule has 3 fully saturated rings. The molecule has 11 nitrogen and oxygen atoms in total. The number of nitrogens with zero attached hydrogens (tertiary/aromatic N) is 6. The fraction of sp³-hybridized carbons (Fsp3) is 0.516. The average Bonchev–Trinajstić information content (AvgIpc) is 3.88. The van der Waals surface area contributed by atoms with E-state index in [0.717, 1.165) is 43.6 Å². The maximum absolute atomic E-state index is 12.9. The standard InChI is InChI=1S/C31H42N8O3S/c1-22(2)43(40,41)29-7-5-4-6-27(29)35-31-33-21-32-30(36-31)34-26-11-10-25(20-28(26)42-3)39-18-16-38(17-19-39)24-12-14-37(15-13-24)23-8-9-23/h4-7,10-11,20-24H,8-9,12-19H2,1-3H3,(H2,32,33,34,35,36). The molecule has 43 heavy (non-hydrogen) atoms. The van der Waals surface area contributed by atoms with Crippen LogP contribution in [0.5, 0.6) is 5.75 Å². The summed E-state index contributed by atoms with van der Waals surface area (Å²) in [4.78, 5) is 21.0. The third kappa shape index (κ3) is 6.71. The number of nitrogens with one attached hydrogen (secondary N) is 2. The molecule has 3 heterocycles. The van der Waals surface area contributed by atoms with Gasteiger partial charge in [0.25, 0.3) is 0 Å². The van der Waals surface area contributed by atoms with Crippen molar-refractivity contribution in [3.63, 3.8) is 0 Å². The number of piperazine rings is 1. The lowest BCUT2D eigenvalue weighted by Crippen LogP contribution is -2.53. The lowest BCUT2D eigenvalue weighted by Gasteiger charge is -2.43. The summed E-state index contributed by atoms with van der Waals surface area (Å²) in [5.74, 6) is 1.24. The van der Waals surface area contributed by atoms with Gasteiger partial charge >= 0.3 is 0 Å². The second-order valence-electron chi connectivity index (χ2n) is 11.9. The van der Waals surface area contributed by atoms with Crippen LogP contribution < -0.4 is 20.3 Å². The van der Waals surface area contributed by atoms with Crippen molar-refractivity contribution in [1.82, 2.24) is 24.8 Å². The highest BCUT2D eigenvalue weighted by Crippen LogP contribution is 2.34. The summed E-state index contributed by atoms with van der Waals surface area (Å²) in [6.07, 6.45) is 6.77. The molecule has 0 amide bonds. The molecule has 2 aromatic carbocycles. The molecule has 6 rings (SSSR count). The molecule has 0 spiro atoms. The number of aromatic nitrogens is 3. The Labute approximate surface area is 254 Å². The normalized spacial score (nSPS) is 19.0. The van der Waals surface area contributed by atoms with Crippen LogP contribution in [0.25, 0.3) is 0 Å². The van der Waals surface area contributed by atoms with Crippen LogP contribution in [0.2, 0.25) is 0 Å². The highest BCUT2D eigenvalue weighted by molar-refractivity contribution is 7.92. The maximum atomic E-state index is 12.9. The molecule has 0 unspecified atom stereocenters. The first-order chi connectivity index (χ1) is 20.8. The van der Waals surface area contributed by atoms with Crippen molar-refractivity contribution in [2.75, 3.05) is 61.9 Å². The molecule has 1 aromatic heterocycles. The number of ether oxygens (including phenoxy) is 1. The van der Waals surface area contributed by atoms with Gasteiger partial charge in [0, 0.05) is 50.0 Å². The average molecular weight is 607 g/mol. The molecule has 12 heteroatoms. The molecule has 2 saturated heterocycles. The van der Waals surface area contributed by atoms with Gasteiger partial charge in [0.05, 0.1) is 28.6 Å². The lowest BCUT2D eigenvalue weighted by atomic mass is 10.0. The molecule has 0 atom stereocenters. The number of hydrogen-bond acceptors (Lipinski definition) is 11. The van der Waals surface area contributed by atoms with E-state index >= 15 is 0 Å². The van der Waals surface area contributed by atoms with E-state index < -0.39 is 15.1 Å². The minimum atomic E-state index is -3.49. The van der Waals surface area contributed by atoms with Crippen LogP contribution >= 0.6 is 0 Å². The first kappa shape index (κ1) is 29.6. The van der Waals surface area contributed by atoms with Crippen molar-refractivity contribution in [2.45, 2.75) is 61.8 Å². The fourth-order valence-corrected chi connectivity index (χ4v) is 7.31. The first-order valence-corrected chi connectivity index (χ1v) is 16.8. The van der Waals surface area contributed by atoms with Crippen LogP contribution in [-0.2, 0) is 9.84 Å². The SMILES string of the molecule is COc1cc(N2CCN(C3CCN(C4CC4)CC3)CC2)ccc1Nc1ncnc(Nc2ccccc2S(=O)(=O)C(C)C)n1. The Morgan fingerprint density at radius 3 is 2.09 bits per heavy atom. The van der Waals surface area contributed by atoms with Crippen LogP contribution in [0.1, 0.15) is 39.5 Å². The Morgan fingerprint density at radius 1 is 0.814 bits per heavy atom. The van der Waals surface area contributed by atoms with Gasteiger partial charge in [-0.25, -0.2) is 18.4 Å². The molecule has 3 aromatic rings. The van der Waals surface area contributed by atoms with E-state index in [0.29, 0.717) is 23.4 Å². The third-order valence-corrected chi connectivity index (χ3v) is 11.0. The summed E-state index contributed by atoms with van der Waals surface area (Å²) >= 11 is 0. The van der Waals surface area contributed by atoms with Gasteiger partial charge in [-0.05, 0) is 76.9 Å². The van der Waals surface area contributed by atoms with Gasteiger partial charge in [0.2, 0.25) is 11.9 Å². The van der Waals surface area contributed by atoms with Gasteiger partial charge in [-0.3, -0.25) is 4.90 Å². The zero-order valence-electron chi connectivity index (χ0n) is 25.2. The minimum absolute atomic E-state index is 0.206. The van der Waals surface area contributed by atoms with Crippen molar-refractivity contribution < 1.29 is 13.2 Å². The summed E-state index contributed by atoms with van der Waals surface area (Å²) in [6.45, 7) is 9.99. The predicted octanol–water partition coefficient (Wildman–Crippen LogP) is 4.30. The van der Waals surface area contributed by atoms with Crippen LogP contribution in [0.4, 0.5) is 29.0 Å². The maximum Gasteiger partial charge on any atom is 0.232 e. The second kappa shape index (κ2) is 12.6. The van der Waals surface area contributed by atoms with Gasteiger partial charge in [-0.2, -0.15) is 4.98 Å². The third-order valence-electron chi connectivity index (χ3n) is 8.82. The largest absolute Gasteiger partial charge is 0.494 e. The molecule has 1 saturated carbocycles. The Bertz CT molecular complexity index is 1510. The van der Waals surface area contributed by atoms with Crippen LogP contribution in [-0.4, -0.2) is 96.9 Å². The van der Waals surface area contributed by atoms with E-state index in [1.807, 2.05) is 6.07 Å². The number of anilines is 5. The highest BCUT2D eigenvalue weighted by Gasteiger charge is 2.34. The summed E-state index contributed by atoms with van der Waals surface area (Å²) in [5, 5.41) is 5.73. The lowest BCUT2D eigenvalue weighted by molar-refractivity contribution is 0.0995. The smallest absolute Gasteiger partial charge is 0.232 e. The van der Waals surface area contributed by atoms with Crippen molar-refractivity contribution in [1.29, 1.82) is 0 Å². The van der Waals surface area contributed by atoms with E-state index in [9.17, 15) is 8.42 Å². The number of benzene rings is 2. The number of rotatable bonds is 10. The molecular formula is C31H42N8O3S.